The number of carbonyl (C=O) groups is 1. The average molecular weight is 415 g/mol. The minimum Gasteiger partial charge on any atom is -0.325 e. The van der Waals surface area contributed by atoms with E-state index >= 15 is 0 Å². The van der Waals surface area contributed by atoms with Gasteiger partial charge in [0, 0.05) is 50.0 Å². The lowest BCUT2D eigenvalue weighted by Gasteiger charge is -2.36. The molecular formula is C18H27ClN4O3S. The largest absolute Gasteiger partial charge is 0.325 e. The summed E-state index contributed by atoms with van der Waals surface area (Å²) in [5.74, 6) is -0.110. The molecule has 0 atom stereocenters. The molecule has 0 aliphatic carbocycles. The molecule has 1 N–H and O–H groups in total. The van der Waals surface area contributed by atoms with Crippen LogP contribution in [-0.2, 0) is 15.0 Å². The van der Waals surface area contributed by atoms with Crippen LogP contribution < -0.4 is 5.32 Å². The highest BCUT2D eigenvalue weighted by Gasteiger charge is 2.32. The molecular weight excluding hydrogens is 388 g/mol. The fourth-order valence-electron chi connectivity index (χ4n) is 3.49. The van der Waals surface area contributed by atoms with Crippen molar-refractivity contribution >= 4 is 33.4 Å². The monoisotopic (exact) mass is 414 g/mol. The van der Waals surface area contributed by atoms with E-state index in [4.69, 9.17) is 11.6 Å². The summed E-state index contributed by atoms with van der Waals surface area (Å²) in [6.45, 7) is 3.45. The Kier molecular flexibility index (Phi) is 7.10. The van der Waals surface area contributed by atoms with Crippen molar-refractivity contribution in [1.82, 2.24) is 13.5 Å². The van der Waals surface area contributed by atoms with Gasteiger partial charge in [-0.15, -0.1) is 0 Å². The maximum Gasteiger partial charge on any atom is 0.282 e. The van der Waals surface area contributed by atoms with Gasteiger partial charge in [-0.25, -0.2) is 0 Å². The van der Waals surface area contributed by atoms with E-state index in [0.717, 1.165) is 25.7 Å². The van der Waals surface area contributed by atoms with Gasteiger partial charge in [0.25, 0.3) is 10.2 Å². The van der Waals surface area contributed by atoms with Crippen molar-refractivity contribution in [2.75, 3.05) is 51.1 Å². The van der Waals surface area contributed by atoms with Crippen molar-refractivity contribution in [3.05, 3.63) is 29.3 Å². The SMILES string of the molecule is O=C(CN1CCN(S(=O)(=O)N2CCCCCC2)CC1)Nc1ccc(Cl)cc1. The van der Waals surface area contributed by atoms with Gasteiger partial charge in [-0.05, 0) is 37.1 Å². The number of rotatable bonds is 5. The normalized spacial score (nSPS) is 20.9. The lowest BCUT2D eigenvalue weighted by molar-refractivity contribution is -0.117. The highest BCUT2D eigenvalue weighted by Crippen LogP contribution is 2.18. The second kappa shape index (κ2) is 9.34. The first-order chi connectivity index (χ1) is 12.9. The van der Waals surface area contributed by atoms with E-state index in [0.29, 0.717) is 50.0 Å². The molecule has 2 aliphatic heterocycles. The number of nitrogens with zero attached hydrogens (tertiary/aromatic N) is 3. The highest BCUT2D eigenvalue weighted by atomic mass is 35.5. The topological polar surface area (TPSA) is 73.0 Å². The molecule has 0 bridgehead atoms. The smallest absolute Gasteiger partial charge is 0.282 e. The second-order valence-electron chi connectivity index (χ2n) is 7.05. The maximum absolute atomic E-state index is 12.8. The molecule has 2 fully saturated rings. The lowest BCUT2D eigenvalue weighted by Crippen LogP contribution is -2.54. The number of amides is 1. The van der Waals surface area contributed by atoms with Crippen LogP contribution in [0.25, 0.3) is 0 Å². The Morgan fingerprint density at radius 3 is 2.04 bits per heavy atom. The van der Waals surface area contributed by atoms with E-state index in [1.54, 1.807) is 32.9 Å². The van der Waals surface area contributed by atoms with Crippen LogP contribution in [0.4, 0.5) is 5.69 Å². The molecule has 2 heterocycles. The molecule has 150 valence electrons. The second-order valence-corrected chi connectivity index (χ2v) is 9.42. The van der Waals surface area contributed by atoms with E-state index in [1.165, 1.54) is 0 Å². The van der Waals surface area contributed by atoms with Crippen molar-refractivity contribution in [2.24, 2.45) is 0 Å². The summed E-state index contributed by atoms with van der Waals surface area (Å²) in [7, 11) is -3.39. The summed E-state index contributed by atoms with van der Waals surface area (Å²) in [5.41, 5.74) is 0.701. The Hall–Kier alpha value is -1.19. The quantitative estimate of drug-likeness (QED) is 0.799. The van der Waals surface area contributed by atoms with Crippen molar-refractivity contribution in [3.63, 3.8) is 0 Å². The zero-order chi connectivity index (χ0) is 19.3. The zero-order valence-electron chi connectivity index (χ0n) is 15.4. The zero-order valence-corrected chi connectivity index (χ0v) is 17.0. The van der Waals surface area contributed by atoms with Crippen LogP contribution in [0.15, 0.2) is 24.3 Å². The molecule has 7 nitrogen and oxygen atoms in total. The number of piperazine rings is 1. The Bertz CT molecular complexity index is 725. The number of nitrogens with one attached hydrogen (secondary N) is 1. The Labute approximate surface area is 166 Å². The van der Waals surface area contributed by atoms with Gasteiger partial charge in [-0.2, -0.15) is 17.0 Å². The first kappa shape index (κ1) is 20.5. The Balaban J connectivity index is 1.48. The fourth-order valence-corrected chi connectivity index (χ4v) is 5.29. The van der Waals surface area contributed by atoms with E-state index in [1.807, 2.05) is 4.90 Å². The summed E-state index contributed by atoms with van der Waals surface area (Å²) in [5, 5.41) is 3.46. The van der Waals surface area contributed by atoms with Gasteiger partial charge >= 0.3 is 0 Å². The predicted octanol–water partition coefficient (Wildman–Crippen LogP) is 2.02. The van der Waals surface area contributed by atoms with Crippen LogP contribution in [0.3, 0.4) is 0 Å². The molecule has 0 aromatic heterocycles. The van der Waals surface area contributed by atoms with Gasteiger partial charge in [-0.3, -0.25) is 9.69 Å². The van der Waals surface area contributed by atoms with Gasteiger partial charge in [0.15, 0.2) is 0 Å². The van der Waals surface area contributed by atoms with Crippen LogP contribution >= 0.6 is 11.6 Å². The predicted molar refractivity (Wildman–Crippen MR) is 107 cm³/mol. The van der Waals surface area contributed by atoms with Crippen LogP contribution in [0, 0.1) is 0 Å². The van der Waals surface area contributed by atoms with Gasteiger partial charge in [-0.1, -0.05) is 24.4 Å². The first-order valence-corrected chi connectivity index (χ1v) is 11.3. The minimum absolute atomic E-state index is 0.110. The molecule has 9 heteroatoms. The molecule has 1 aromatic rings. The number of halogens is 1. The van der Waals surface area contributed by atoms with Crippen molar-refractivity contribution in [1.29, 1.82) is 0 Å². The van der Waals surface area contributed by atoms with Crippen LogP contribution in [0.5, 0.6) is 0 Å². The summed E-state index contributed by atoms with van der Waals surface area (Å²) >= 11 is 5.84. The number of carbonyl (C=O) groups excluding carboxylic acids is 1. The van der Waals surface area contributed by atoms with E-state index in [9.17, 15) is 13.2 Å². The molecule has 0 unspecified atom stereocenters. The third kappa shape index (κ3) is 5.65. The van der Waals surface area contributed by atoms with Crippen molar-refractivity contribution < 1.29 is 13.2 Å². The standard InChI is InChI=1S/C18H27ClN4O3S/c19-16-5-7-17(8-6-16)20-18(24)15-21-11-13-23(14-12-21)27(25,26)22-9-3-1-2-4-10-22/h5-8H,1-4,9-15H2,(H,20,24). The average Bonchev–Trinajstić information content (AvgIpc) is 2.94. The molecule has 1 aromatic carbocycles. The maximum atomic E-state index is 12.8. The molecule has 1 amide bonds. The van der Waals surface area contributed by atoms with Crippen molar-refractivity contribution in [3.8, 4) is 0 Å². The number of anilines is 1. The summed E-state index contributed by atoms with van der Waals surface area (Å²) < 4.78 is 28.9. The van der Waals surface area contributed by atoms with Crippen molar-refractivity contribution in [2.45, 2.75) is 25.7 Å². The lowest BCUT2D eigenvalue weighted by atomic mass is 10.2. The fraction of sp³-hybridized carbons (Fsp3) is 0.611. The highest BCUT2D eigenvalue weighted by molar-refractivity contribution is 7.86. The molecule has 3 rings (SSSR count). The molecule has 2 aliphatic rings. The third-order valence-electron chi connectivity index (χ3n) is 5.04. The number of hydrogen-bond acceptors (Lipinski definition) is 4. The molecule has 0 radical (unpaired) electrons. The van der Waals surface area contributed by atoms with E-state index < -0.39 is 10.2 Å². The van der Waals surface area contributed by atoms with Gasteiger partial charge in [0.05, 0.1) is 6.54 Å². The Morgan fingerprint density at radius 2 is 1.44 bits per heavy atom. The van der Waals surface area contributed by atoms with E-state index in [2.05, 4.69) is 5.32 Å². The van der Waals surface area contributed by atoms with Gasteiger partial charge < -0.3 is 5.32 Å². The molecule has 27 heavy (non-hydrogen) atoms. The Morgan fingerprint density at radius 1 is 0.889 bits per heavy atom. The first-order valence-electron chi connectivity index (χ1n) is 9.48. The molecule has 0 saturated carbocycles. The summed E-state index contributed by atoms with van der Waals surface area (Å²) in [6.07, 6.45) is 4.07. The van der Waals surface area contributed by atoms with Crippen LogP contribution in [0.1, 0.15) is 25.7 Å². The number of benzene rings is 1. The van der Waals surface area contributed by atoms with Crippen LogP contribution in [-0.4, -0.2) is 73.6 Å². The minimum atomic E-state index is -3.39. The summed E-state index contributed by atoms with van der Waals surface area (Å²) in [4.78, 5) is 14.2. The molecule has 0 spiro atoms. The molecule has 2 saturated heterocycles. The number of hydrogen-bond donors (Lipinski definition) is 1. The van der Waals surface area contributed by atoms with Gasteiger partial charge in [0.2, 0.25) is 5.91 Å². The third-order valence-corrected chi connectivity index (χ3v) is 7.33. The van der Waals surface area contributed by atoms with Crippen LogP contribution in [0.2, 0.25) is 5.02 Å². The van der Waals surface area contributed by atoms with Gasteiger partial charge in [0.1, 0.15) is 0 Å². The van der Waals surface area contributed by atoms with E-state index in [-0.39, 0.29) is 12.5 Å². The summed E-state index contributed by atoms with van der Waals surface area (Å²) in [6, 6.07) is 6.96.